The van der Waals surface area contributed by atoms with Crippen LogP contribution < -0.4 is 4.90 Å². The molecule has 10 heteroatoms. The van der Waals surface area contributed by atoms with E-state index in [1.165, 1.54) is 29.2 Å². The molecule has 1 N–H and O–H groups in total. The average molecular weight is 549 g/mol. The molecule has 2 heterocycles. The number of likely N-dealkylation sites (tertiary alicyclic amines) is 1. The zero-order valence-electron chi connectivity index (χ0n) is 20.3. The highest BCUT2D eigenvalue weighted by Gasteiger charge is 2.64. The van der Waals surface area contributed by atoms with Crippen LogP contribution in [0.2, 0.25) is 10.0 Å². The number of hydrogen-bond acceptors (Lipinski definition) is 5. The molecule has 2 aliphatic heterocycles. The lowest BCUT2D eigenvalue weighted by atomic mass is 9.80. The average Bonchev–Trinajstić information content (AvgIpc) is 3.35. The van der Waals surface area contributed by atoms with Crippen LogP contribution in [0, 0.1) is 11.3 Å². The zero-order chi connectivity index (χ0) is 27.2. The summed E-state index contributed by atoms with van der Waals surface area (Å²) >= 11 is 12.4. The number of amides is 3. The number of hydrogen-bond donors (Lipinski definition) is 1. The second kappa shape index (κ2) is 9.76. The van der Waals surface area contributed by atoms with Gasteiger partial charge < -0.3 is 10.0 Å². The van der Waals surface area contributed by atoms with E-state index in [0.717, 1.165) is 16.0 Å². The quantitative estimate of drug-likeness (QED) is 0.450. The molecule has 38 heavy (non-hydrogen) atoms. The molecule has 0 bridgehead atoms. The number of carboxylic acids is 1. The maximum Gasteiger partial charge on any atom is 0.335 e. The third-order valence-electron chi connectivity index (χ3n) is 7.26. The number of anilines is 1. The lowest BCUT2D eigenvalue weighted by Gasteiger charge is -2.34. The summed E-state index contributed by atoms with van der Waals surface area (Å²) in [7, 11) is 1.61. The SMILES string of the molecule is CN1C(=O)N(c2cc(Cl)cc(Cl)c2)C(=O)C12CN(Cc1cccc(C(=O)O)c1)CC2c1ccc(C#N)cc1. The van der Waals surface area contributed by atoms with Crippen molar-refractivity contribution in [3.05, 3.63) is 99.0 Å². The minimum Gasteiger partial charge on any atom is -0.478 e. The summed E-state index contributed by atoms with van der Waals surface area (Å²) in [6, 6.07) is 19.8. The first kappa shape index (κ1) is 25.7. The molecule has 0 radical (unpaired) electrons. The third kappa shape index (κ3) is 4.29. The van der Waals surface area contributed by atoms with E-state index in [4.69, 9.17) is 23.2 Å². The molecule has 5 rings (SSSR count). The van der Waals surface area contributed by atoms with Crippen LogP contribution in [0.5, 0.6) is 0 Å². The number of halogens is 2. The van der Waals surface area contributed by atoms with Crippen molar-refractivity contribution in [2.45, 2.75) is 18.0 Å². The molecule has 0 aromatic heterocycles. The molecule has 192 valence electrons. The van der Waals surface area contributed by atoms with Crippen molar-refractivity contribution in [2.24, 2.45) is 0 Å². The molecule has 0 saturated carbocycles. The van der Waals surface area contributed by atoms with Crippen LogP contribution in [0.15, 0.2) is 66.7 Å². The largest absolute Gasteiger partial charge is 0.478 e. The first-order valence-corrected chi connectivity index (χ1v) is 12.5. The highest BCUT2D eigenvalue weighted by Crippen LogP contribution is 2.47. The number of nitriles is 1. The molecule has 1 spiro atoms. The van der Waals surface area contributed by atoms with E-state index in [9.17, 15) is 24.8 Å². The number of likely N-dealkylation sites (N-methyl/N-ethyl adjacent to an activating group) is 1. The van der Waals surface area contributed by atoms with E-state index < -0.39 is 29.4 Å². The Morgan fingerprint density at radius 1 is 1.08 bits per heavy atom. The molecule has 2 fully saturated rings. The second-order valence-corrected chi connectivity index (χ2v) is 10.4. The highest BCUT2D eigenvalue weighted by molar-refractivity contribution is 6.35. The molecule has 3 aromatic rings. The Morgan fingerprint density at radius 2 is 1.76 bits per heavy atom. The molecule has 3 aromatic carbocycles. The summed E-state index contributed by atoms with van der Waals surface area (Å²) in [6.45, 7) is 1.03. The van der Waals surface area contributed by atoms with Gasteiger partial charge in [0.1, 0.15) is 5.54 Å². The van der Waals surface area contributed by atoms with Crippen molar-refractivity contribution < 1.29 is 19.5 Å². The molecule has 3 amide bonds. The zero-order valence-corrected chi connectivity index (χ0v) is 21.8. The first-order chi connectivity index (χ1) is 18.1. The number of carbonyl (C=O) groups excluding carboxylic acids is 2. The van der Waals surface area contributed by atoms with Gasteiger partial charge in [-0.2, -0.15) is 5.26 Å². The molecule has 2 saturated heterocycles. The van der Waals surface area contributed by atoms with Crippen LogP contribution in [0.3, 0.4) is 0 Å². The fourth-order valence-electron chi connectivity index (χ4n) is 5.47. The number of carboxylic acid groups (broad SMARTS) is 1. The summed E-state index contributed by atoms with van der Waals surface area (Å²) in [5.41, 5.74) is 1.29. The van der Waals surface area contributed by atoms with Gasteiger partial charge in [0.15, 0.2) is 0 Å². The standard InChI is InChI=1S/C28H22Cl2N4O4/c1-32-27(38)34(23-11-21(29)10-22(30)12-23)26(37)28(32)16-33(14-18-3-2-4-20(9-18)25(35)36)15-24(28)19-7-5-17(13-31)6-8-19/h2-12,24H,14-16H2,1H3,(H,35,36). The molecular formula is C28H22Cl2N4O4. The Morgan fingerprint density at radius 3 is 2.39 bits per heavy atom. The number of rotatable bonds is 5. The molecule has 8 nitrogen and oxygen atoms in total. The van der Waals surface area contributed by atoms with Gasteiger partial charge in [0.05, 0.1) is 22.9 Å². The van der Waals surface area contributed by atoms with Gasteiger partial charge in [-0.05, 0) is 53.6 Å². The monoisotopic (exact) mass is 548 g/mol. The summed E-state index contributed by atoms with van der Waals surface area (Å²) in [5.74, 6) is -1.84. The van der Waals surface area contributed by atoms with Gasteiger partial charge in [0.25, 0.3) is 5.91 Å². The van der Waals surface area contributed by atoms with E-state index in [1.807, 2.05) is 23.1 Å². The Hall–Kier alpha value is -3.90. The third-order valence-corrected chi connectivity index (χ3v) is 7.70. The van der Waals surface area contributed by atoms with E-state index >= 15 is 0 Å². The predicted molar refractivity (Wildman–Crippen MR) is 142 cm³/mol. The number of aromatic carboxylic acids is 1. The molecule has 2 atom stereocenters. The van der Waals surface area contributed by atoms with Crippen LogP contribution >= 0.6 is 23.2 Å². The van der Waals surface area contributed by atoms with Crippen molar-refractivity contribution in [3.63, 3.8) is 0 Å². The van der Waals surface area contributed by atoms with Crippen LogP contribution in [0.25, 0.3) is 0 Å². The van der Waals surface area contributed by atoms with Gasteiger partial charge in [-0.3, -0.25) is 9.69 Å². The van der Waals surface area contributed by atoms with Crippen LogP contribution in [0.4, 0.5) is 10.5 Å². The molecule has 0 aliphatic carbocycles. The first-order valence-electron chi connectivity index (χ1n) is 11.8. The minimum atomic E-state index is -1.25. The van der Waals surface area contributed by atoms with E-state index in [2.05, 4.69) is 6.07 Å². The van der Waals surface area contributed by atoms with Crippen molar-refractivity contribution in [3.8, 4) is 6.07 Å². The van der Waals surface area contributed by atoms with Crippen LogP contribution in [-0.4, -0.2) is 58.5 Å². The Kier molecular flexibility index (Phi) is 6.61. The predicted octanol–water partition coefficient (Wildman–Crippen LogP) is 5.00. The van der Waals surface area contributed by atoms with Gasteiger partial charge >= 0.3 is 12.0 Å². The molecule has 2 unspecified atom stereocenters. The van der Waals surface area contributed by atoms with E-state index in [-0.39, 0.29) is 17.8 Å². The summed E-state index contributed by atoms with van der Waals surface area (Å²) in [6.07, 6.45) is 0. The Bertz CT molecular complexity index is 1480. The van der Waals surface area contributed by atoms with Gasteiger partial charge in [-0.15, -0.1) is 0 Å². The Labute approximate surface area is 229 Å². The number of nitrogens with zero attached hydrogens (tertiary/aromatic N) is 4. The second-order valence-electron chi connectivity index (χ2n) is 9.50. The van der Waals surface area contributed by atoms with Crippen LogP contribution in [0.1, 0.15) is 33.0 Å². The summed E-state index contributed by atoms with van der Waals surface area (Å²) in [4.78, 5) is 43.9. The van der Waals surface area contributed by atoms with Gasteiger partial charge in [-0.1, -0.05) is 47.5 Å². The highest BCUT2D eigenvalue weighted by atomic mass is 35.5. The molecule has 2 aliphatic rings. The van der Waals surface area contributed by atoms with Gasteiger partial charge in [-0.25, -0.2) is 14.5 Å². The summed E-state index contributed by atoms with van der Waals surface area (Å²) < 4.78 is 0. The maximum absolute atomic E-state index is 14.2. The van der Waals surface area contributed by atoms with Crippen molar-refractivity contribution in [1.82, 2.24) is 9.80 Å². The minimum absolute atomic E-state index is 0.174. The number of benzene rings is 3. The normalized spacial score (nSPS) is 21.4. The number of imide groups is 1. The lowest BCUT2D eigenvalue weighted by molar-refractivity contribution is -0.124. The van der Waals surface area contributed by atoms with E-state index in [0.29, 0.717) is 28.7 Å². The van der Waals surface area contributed by atoms with Gasteiger partial charge in [0, 0.05) is 42.6 Å². The fourth-order valence-corrected chi connectivity index (χ4v) is 5.99. The number of carbonyl (C=O) groups is 3. The Balaban J connectivity index is 1.57. The van der Waals surface area contributed by atoms with Crippen molar-refractivity contribution in [2.75, 3.05) is 25.0 Å². The molecular weight excluding hydrogens is 527 g/mol. The smallest absolute Gasteiger partial charge is 0.335 e. The lowest BCUT2D eigenvalue weighted by Crippen LogP contribution is -2.53. The van der Waals surface area contributed by atoms with E-state index in [1.54, 1.807) is 31.3 Å². The topological polar surface area (TPSA) is 105 Å². The summed E-state index contributed by atoms with van der Waals surface area (Å²) in [5, 5.41) is 19.2. The number of urea groups is 1. The van der Waals surface area contributed by atoms with Crippen molar-refractivity contribution >= 4 is 46.8 Å². The maximum atomic E-state index is 14.2. The van der Waals surface area contributed by atoms with Gasteiger partial charge in [0.2, 0.25) is 0 Å². The fraction of sp³-hybridized carbons (Fsp3) is 0.214. The van der Waals surface area contributed by atoms with Crippen LogP contribution in [-0.2, 0) is 11.3 Å². The van der Waals surface area contributed by atoms with Crippen molar-refractivity contribution in [1.29, 1.82) is 5.26 Å².